The molecular weight excluding hydrogens is 264 g/mol. The Kier molecular flexibility index (Phi) is 6.05. The molecule has 1 aliphatic rings. The van der Waals surface area contributed by atoms with E-state index in [1.165, 1.54) is 19.3 Å². The fraction of sp³-hybridized carbons (Fsp3) is 0.588. The smallest absolute Gasteiger partial charge is 0.220 e. The molecular formula is C17H26N2O2. The normalized spacial score (nSPS) is 19.8. The van der Waals surface area contributed by atoms with Crippen LogP contribution in [0.5, 0.6) is 5.75 Å². The maximum atomic E-state index is 12.0. The molecule has 4 nitrogen and oxygen atoms in total. The highest BCUT2D eigenvalue weighted by atomic mass is 16.5. The third-order valence-corrected chi connectivity index (χ3v) is 4.13. The Bertz CT molecular complexity index is 439. The molecule has 1 aliphatic heterocycles. The summed E-state index contributed by atoms with van der Waals surface area (Å²) >= 11 is 0. The topological polar surface area (TPSA) is 50.4 Å². The van der Waals surface area contributed by atoms with Gasteiger partial charge in [-0.2, -0.15) is 0 Å². The molecule has 0 spiro atoms. The van der Waals surface area contributed by atoms with E-state index in [1.54, 1.807) is 7.11 Å². The molecule has 2 N–H and O–H groups in total. The predicted molar refractivity (Wildman–Crippen MR) is 84.4 cm³/mol. The van der Waals surface area contributed by atoms with Crippen LogP contribution in [0.3, 0.4) is 0 Å². The molecule has 4 heteroatoms. The number of hydrogen-bond donors (Lipinski definition) is 2. The van der Waals surface area contributed by atoms with Crippen LogP contribution >= 0.6 is 0 Å². The van der Waals surface area contributed by atoms with Gasteiger partial charge in [0.05, 0.1) is 13.2 Å². The second-order valence-electron chi connectivity index (χ2n) is 5.75. The minimum Gasteiger partial charge on any atom is -0.497 e. The van der Waals surface area contributed by atoms with Crippen molar-refractivity contribution in [1.29, 1.82) is 0 Å². The molecule has 1 aromatic rings. The first-order valence-corrected chi connectivity index (χ1v) is 7.85. The largest absolute Gasteiger partial charge is 0.497 e. The van der Waals surface area contributed by atoms with E-state index in [-0.39, 0.29) is 11.9 Å². The summed E-state index contributed by atoms with van der Waals surface area (Å²) in [6.07, 6.45) is 5.26. The summed E-state index contributed by atoms with van der Waals surface area (Å²) in [7, 11) is 1.65. The van der Waals surface area contributed by atoms with Gasteiger partial charge in [0, 0.05) is 12.5 Å². The van der Waals surface area contributed by atoms with Crippen LogP contribution in [-0.2, 0) is 4.79 Å². The zero-order valence-electron chi connectivity index (χ0n) is 13.0. The summed E-state index contributed by atoms with van der Waals surface area (Å²) < 4.78 is 5.14. The molecule has 116 valence electrons. The van der Waals surface area contributed by atoms with Gasteiger partial charge in [0.15, 0.2) is 0 Å². The lowest BCUT2D eigenvalue weighted by Gasteiger charge is -2.23. The Balaban J connectivity index is 1.75. The maximum absolute atomic E-state index is 12.0. The van der Waals surface area contributed by atoms with Crippen LogP contribution in [0.1, 0.15) is 50.6 Å². The van der Waals surface area contributed by atoms with E-state index in [0.717, 1.165) is 24.3 Å². The van der Waals surface area contributed by atoms with Gasteiger partial charge in [0.1, 0.15) is 5.75 Å². The fourth-order valence-corrected chi connectivity index (χ4v) is 2.77. The lowest BCUT2D eigenvalue weighted by molar-refractivity contribution is -0.122. The van der Waals surface area contributed by atoms with E-state index in [1.807, 2.05) is 31.2 Å². The van der Waals surface area contributed by atoms with E-state index >= 15 is 0 Å². The van der Waals surface area contributed by atoms with Crippen molar-refractivity contribution >= 4 is 5.91 Å². The number of hydrogen-bond acceptors (Lipinski definition) is 3. The van der Waals surface area contributed by atoms with Crippen LogP contribution in [0.2, 0.25) is 0 Å². The molecule has 2 rings (SSSR count). The summed E-state index contributed by atoms with van der Waals surface area (Å²) in [4.78, 5) is 12.0. The number of rotatable bonds is 6. The average Bonchev–Trinajstić information content (AvgIpc) is 2.54. The average molecular weight is 290 g/mol. The van der Waals surface area contributed by atoms with Crippen LogP contribution in [-0.4, -0.2) is 25.6 Å². The van der Waals surface area contributed by atoms with Gasteiger partial charge in [-0.05, 0) is 50.4 Å². The zero-order chi connectivity index (χ0) is 15.1. The lowest BCUT2D eigenvalue weighted by Crippen LogP contribution is -2.35. The summed E-state index contributed by atoms with van der Waals surface area (Å²) in [5.41, 5.74) is 1.10. The van der Waals surface area contributed by atoms with Crippen LogP contribution in [0.15, 0.2) is 24.3 Å². The van der Waals surface area contributed by atoms with Gasteiger partial charge >= 0.3 is 0 Å². The van der Waals surface area contributed by atoms with E-state index < -0.39 is 0 Å². The van der Waals surface area contributed by atoms with Crippen molar-refractivity contribution in [3.63, 3.8) is 0 Å². The van der Waals surface area contributed by atoms with Crippen molar-refractivity contribution in [3.05, 3.63) is 29.8 Å². The molecule has 1 unspecified atom stereocenters. The van der Waals surface area contributed by atoms with Crippen molar-refractivity contribution in [2.45, 2.75) is 51.1 Å². The van der Waals surface area contributed by atoms with Gasteiger partial charge in [-0.25, -0.2) is 0 Å². The van der Waals surface area contributed by atoms with Crippen LogP contribution in [0.4, 0.5) is 0 Å². The van der Waals surface area contributed by atoms with Crippen molar-refractivity contribution in [3.8, 4) is 5.75 Å². The second kappa shape index (κ2) is 8.03. The number of ether oxygens (including phenoxy) is 1. The van der Waals surface area contributed by atoms with Crippen molar-refractivity contribution < 1.29 is 9.53 Å². The molecule has 1 saturated heterocycles. The molecule has 0 aromatic heterocycles. The van der Waals surface area contributed by atoms with Gasteiger partial charge in [0.2, 0.25) is 5.91 Å². The summed E-state index contributed by atoms with van der Waals surface area (Å²) in [5.74, 6) is 0.964. The van der Waals surface area contributed by atoms with E-state index in [2.05, 4.69) is 10.6 Å². The molecule has 0 saturated carbocycles. The van der Waals surface area contributed by atoms with Gasteiger partial charge in [-0.1, -0.05) is 18.6 Å². The minimum absolute atomic E-state index is 0.0303. The first kappa shape index (κ1) is 15.8. The maximum Gasteiger partial charge on any atom is 0.220 e. The highest BCUT2D eigenvalue weighted by Crippen LogP contribution is 2.18. The zero-order valence-corrected chi connectivity index (χ0v) is 13.0. The summed E-state index contributed by atoms with van der Waals surface area (Å²) in [6, 6.07) is 8.37. The van der Waals surface area contributed by atoms with E-state index in [0.29, 0.717) is 12.5 Å². The number of nitrogens with one attached hydrogen (secondary N) is 2. The van der Waals surface area contributed by atoms with Gasteiger partial charge in [-0.3, -0.25) is 4.79 Å². The number of carbonyl (C=O) groups is 1. The van der Waals surface area contributed by atoms with Gasteiger partial charge < -0.3 is 15.4 Å². The molecule has 1 heterocycles. The Hall–Kier alpha value is -1.55. The second-order valence-corrected chi connectivity index (χ2v) is 5.75. The van der Waals surface area contributed by atoms with Crippen molar-refractivity contribution in [2.75, 3.05) is 13.7 Å². The fourth-order valence-electron chi connectivity index (χ4n) is 2.77. The van der Waals surface area contributed by atoms with Crippen molar-refractivity contribution in [1.82, 2.24) is 10.6 Å². The minimum atomic E-state index is 0.0303. The molecule has 2 atom stereocenters. The third kappa shape index (κ3) is 5.05. The van der Waals surface area contributed by atoms with Crippen LogP contribution in [0.25, 0.3) is 0 Å². The van der Waals surface area contributed by atoms with Crippen molar-refractivity contribution in [2.24, 2.45) is 0 Å². The molecule has 0 radical (unpaired) electrons. The Labute approximate surface area is 127 Å². The van der Waals surface area contributed by atoms with Crippen LogP contribution in [0, 0.1) is 0 Å². The number of piperidine rings is 1. The highest BCUT2D eigenvalue weighted by molar-refractivity contribution is 5.76. The molecule has 1 aromatic carbocycles. The standard InChI is InChI=1S/C17H26N2O2/c1-13(14-6-9-16(21-2)10-7-14)19-17(20)11-8-15-5-3-4-12-18-15/h6-7,9-10,13,15,18H,3-5,8,11-12H2,1-2H3,(H,19,20)/t13-,15?/m1/s1. The third-order valence-electron chi connectivity index (χ3n) is 4.13. The summed E-state index contributed by atoms with van der Waals surface area (Å²) in [6.45, 7) is 3.10. The van der Waals surface area contributed by atoms with Crippen LogP contribution < -0.4 is 15.4 Å². The molecule has 1 amide bonds. The first-order chi connectivity index (χ1) is 10.2. The quantitative estimate of drug-likeness (QED) is 0.847. The molecule has 0 bridgehead atoms. The molecule has 21 heavy (non-hydrogen) atoms. The Morgan fingerprint density at radius 1 is 1.38 bits per heavy atom. The molecule has 1 fully saturated rings. The monoisotopic (exact) mass is 290 g/mol. The highest BCUT2D eigenvalue weighted by Gasteiger charge is 2.15. The molecule has 0 aliphatic carbocycles. The lowest BCUT2D eigenvalue weighted by atomic mass is 10.00. The number of amides is 1. The Morgan fingerprint density at radius 3 is 2.76 bits per heavy atom. The van der Waals surface area contributed by atoms with Gasteiger partial charge in [0.25, 0.3) is 0 Å². The SMILES string of the molecule is COc1ccc([C@@H](C)NC(=O)CCC2CCCCN2)cc1. The first-order valence-electron chi connectivity index (χ1n) is 7.85. The summed E-state index contributed by atoms with van der Waals surface area (Å²) in [5, 5.41) is 6.54. The predicted octanol–water partition coefficient (Wildman–Crippen LogP) is 2.79. The number of carbonyl (C=O) groups excluding carboxylic acids is 1. The van der Waals surface area contributed by atoms with E-state index in [9.17, 15) is 4.79 Å². The number of methoxy groups -OCH3 is 1. The van der Waals surface area contributed by atoms with E-state index in [4.69, 9.17) is 4.74 Å². The Morgan fingerprint density at radius 2 is 2.14 bits per heavy atom. The number of benzene rings is 1. The van der Waals surface area contributed by atoms with Gasteiger partial charge in [-0.15, -0.1) is 0 Å².